The standard InChI is InChI=1S/C9H10N2O2.CH5N3/c1-2-3-7-4-5-8(11(12)13)6-9(7)10;2-1(3)4/h2,4-6H,1,3,10H2;(H5,2,3,4). The Hall–Kier alpha value is -2.57. The smallest absolute Gasteiger partial charge is 0.271 e. The molecule has 0 atom stereocenters. The fourth-order valence-electron chi connectivity index (χ4n) is 1.04. The Morgan fingerprint density at radius 1 is 1.53 bits per heavy atom. The zero-order chi connectivity index (χ0) is 13.4. The Bertz CT molecular complexity index is 427. The monoisotopic (exact) mass is 237 g/mol. The van der Waals surface area contributed by atoms with E-state index < -0.39 is 4.92 Å². The maximum absolute atomic E-state index is 10.4. The van der Waals surface area contributed by atoms with Crippen molar-refractivity contribution in [2.75, 3.05) is 5.73 Å². The van der Waals surface area contributed by atoms with Crippen molar-refractivity contribution in [3.8, 4) is 0 Å². The number of hydrogen-bond acceptors (Lipinski definition) is 4. The molecule has 0 radical (unpaired) electrons. The maximum Gasteiger partial charge on any atom is 0.271 e. The molecule has 7 nitrogen and oxygen atoms in total. The van der Waals surface area contributed by atoms with Crippen molar-refractivity contribution in [1.29, 1.82) is 5.41 Å². The minimum absolute atomic E-state index is 0.0188. The lowest BCUT2D eigenvalue weighted by molar-refractivity contribution is -0.384. The number of non-ortho nitro benzene ring substituents is 1. The third-order valence-electron chi connectivity index (χ3n) is 1.70. The van der Waals surface area contributed by atoms with Crippen LogP contribution < -0.4 is 17.2 Å². The number of rotatable bonds is 3. The average molecular weight is 237 g/mol. The van der Waals surface area contributed by atoms with Gasteiger partial charge >= 0.3 is 0 Å². The molecule has 0 aliphatic rings. The van der Waals surface area contributed by atoms with Crippen molar-refractivity contribution < 1.29 is 4.92 Å². The highest BCUT2D eigenvalue weighted by molar-refractivity contribution is 5.71. The lowest BCUT2D eigenvalue weighted by atomic mass is 10.1. The van der Waals surface area contributed by atoms with Gasteiger partial charge in [0.1, 0.15) is 0 Å². The molecule has 1 rings (SSSR count). The van der Waals surface area contributed by atoms with E-state index in [-0.39, 0.29) is 11.6 Å². The van der Waals surface area contributed by atoms with Gasteiger partial charge < -0.3 is 17.2 Å². The number of allylic oxidation sites excluding steroid dienone is 1. The maximum atomic E-state index is 10.4. The molecule has 0 saturated heterocycles. The lowest BCUT2D eigenvalue weighted by Crippen LogP contribution is -2.20. The van der Waals surface area contributed by atoms with Crippen LogP contribution in [0.5, 0.6) is 0 Å². The van der Waals surface area contributed by atoms with Crippen molar-refractivity contribution in [3.63, 3.8) is 0 Å². The molecule has 0 bridgehead atoms. The van der Waals surface area contributed by atoms with Gasteiger partial charge in [-0.3, -0.25) is 15.5 Å². The second-order valence-corrected chi connectivity index (χ2v) is 3.09. The van der Waals surface area contributed by atoms with Gasteiger partial charge in [0.15, 0.2) is 5.96 Å². The van der Waals surface area contributed by atoms with Crippen LogP contribution in [0.15, 0.2) is 30.9 Å². The van der Waals surface area contributed by atoms with E-state index in [1.807, 2.05) is 0 Å². The number of nitro benzene ring substituents is 1. The zero-order valence-corrected chi connectivity index (χ0v) is 9.22. The molecular formula is C10H15N5O2. The summed E-state index contributed by atoms with van der Waals surface area (Å²) in [6, 6.07) is 4.45. The molecule has 0 fully saturated rings. The Labute approximate surface area is 98.6 Å². The molecule has 0 heterocycles. The summed E-state index contributed by atoms with van der Waals surface area (Å²) in [5, 5.41) is 16.4. The van der Waals surface area contributed by atoms with Crippen LogP contribution in [0.25, 0.3) is 0 Å². The zero-order valence-electron chi connectivity index (χ0n) is 9.22. The van der Waals surface area contributed by atoms with Gasteiger partial charge in [-0.25, -0.2) is 0 Å². The van der Waals surface area contributed by atoms with E-state index in [0.29, 0.717) is 12.1 Å². The average Bonchev–Trinajstić information content (AvgIpc) is 2.20. The first-order valence-electron chi connectivity index (χ1n) is 4.61. The minimum atomic E-state index is -0.464. The predicted octanol–water partition coefficient (Wildman–Crippen LogP) is 0.744. The van der Waals surface area contributed by atoms with Crippen LogP contribution in [0.4, 0.5) is 11.4 Å². The van der Waals surface area contributed by atoms with Gasteiger partial charge in [0.2, 0.25) is 0 Å². The van der Waals surface area contributed by atoms with Crippen LogP contribution in [-0.4, -0.2) is 10.9 Å². The highest BCUT2D eigenvalue weighted by Crippen LogP contribution is 2.20. The van der Waals surface area contributed by atoms with Crippen molar-refractivity contribution >= 4 is 17.3 Å². The van der Waals surface area contributed by atoms with Crippen LogP contribution in [0, 0.1) is 15.5 Å². The highest BCUT2D eigenvalue weighted by atomic mass is 16.6. The van der Waals surface area contributed by atoms with Crippen LogP contribution >= 0.6 is 0 Å². The van der Waals surface area contributed by atoms with E-state index in [2.05, 4.69) is 18.0 Å². The molecule has 0 unspecified atom stereocenters. The fraction of sp³-hybridized carbons (Fsp3) is 0.100. The molecule has 1 aromatic rings. The molecule has 0 saturated carbocycles. The van der Waals surface area contributed by atoms with Crippen LogP contribution in [0.1, 0.15) is 5.56 Å². The number of benzene rings is 1. The summed E-state index contributed by atoms with van der Waals surface area (Å²) in [6.45, 7) is 3.57. The van der Waals surface area contributed by atoms with Gasteiger partial charge in [-0.1, -0.05) is 6.08 Å². The van der Waals surface area contributed by atoms with Gasteiger partial charge in [-0.15, -0.1) is 6.58 Å². The first-order valence-corrected chi connectivity index (χ1v) is 4.61. The number of nitrogens with zero attached hydrogens (tertiary/aromatic N) is 1. The summed E-state index contributed by atoms with van der Waals surface area (Å²) in [7, 11) is 0. The van der Waals surface area contributed by atoms with Gasteiger partial charge in [0.05, 0.1) is 4.92 Å². The predicted molar refractivity (Wildman–Crippen MR) is 67.5 cm³/mol. The SMILES string of the molecule is C=CCc1ccc([N+](=O)[O-])cc1N.N=C(N)N. The summed E-state index contributed by atoms with van der Waals surface area (Å²) in [4.78, 5) is 9.89. The van der Waals surface area contributed by atoms with Crippen LogP contribution in [0.3, 0.4) is 0 Å². The summed E-state index contributed by atoms with van der Waals surface area (Å²) >= 11 is 0. The molecule has 0 amide bonds. The van der Waals surface area contributed by atoms with Crippen molar-refractivity contribution in [3.05, 3.63) is 46.5 Å². The molecule has 0 aliphatic heterocycles. The molecular weight excluding hydrogens is 222 g/mol. The van der Waals surface area contributed by atoms with E-state index in [1.165, 1.54) is 12.1 Å². The normalized spacial score (nSPS) is 8.71. The largest absolute Gasteiger partial charge is 0.398 e. The molecule has 17 heavy (non-hydrogen) atoms. The quantitative estimate of drug-likeness (QED) is 0.153. The Balaban J connectivity index is 0.000000557. The van der Waals surface area contributed by atoms with Gasteiger partial charge in [0.25, 0.3) is 5.69 Å². The third kappa shape index (κ3) is 5.78. The number of hydrogen-bond donors (Lipinski definition) is 4. The second kappa shape index (κ2) is 6.83. The van der Waals surface area contributed by atoms with Gasteiger partial charge in [0, 0.05) is 17.8 Å². The fourth-order valence-corrected chi connectivity index (χ4v) is 1.04. The third-order valence-corrected chi connectivity index (χ3v) is 1.70. The van der Waals surface area contributed by atoms with E-state index in [4.69, 9.17) is 11.1 Å². The highest BCUT2D eigenvalue weighted by Gasteiger charge is 2.06. The number of nitro groups is 1. The van der Waals surface area contributed by atoms with Crippen molar-refractivity contribution in [2.24, 2.45) is 11.5 Å². The molecule has 92 valence electrons. The summed E-state index contributed by atoms with van der Waals surface area (Å²) < 4.78 is 0. The van der Waals surface area contributed by atoms with Gasteiger partial charge in [-0.05, 0) is 18.1 Å². The van der Waals surface area contributed by atoms with E-state index in [0.717, 1.165) is 5.56 Å². The van der Waals surface area contributed by atoms with Crippen molar-refractivity contribution in [2.45, 2.75) is 6.42 Å². The minimum Gasteiger partial charge on any atom is -0.398 e. The summed E-state index contributed by atoms with van der Waals surface area (Å²) in [5.74, 6) is -0.333. The molecule has 7 N–H and O–H groups in total. The van der Waals surface area contributed by atoms with Crippen LogP contribution in [0.2, 0.25) is 0 Å². The molecule has 0 spiro atoms. The topological polar surface area (TPSA) is 145 Å². The number of nitrogens with two attached hydrogens (primary N) is 3. The van der Waals surface area contributed by atoms with Crippen LogP contribution in [-0.2, 0) is 6.42 Å². The Kier molecular flexibility index (Phi) is 5.80. The first kappa shape index (κ1) is 14.4. The van der Waals surface area contributed by atoms with E-state index in [9.17, 15) is 10.1 Å². The number of nitrogens with one attached hydrogen (secondary N) is 1. The molecule has 7 heteroatoms. The number of nitrogen functional groups attached to an aromatic ring is 1. The summed E-state index contributed by atoms with van der Waals surface area (Å²) in [5.41, 5.74) is 15.9. The first-order chi connectivity index (χ1) is 7.88. The second-order valence-electron chi connectivity index (χ2n) is 3.09. The van der Waals surface area contributed by atoms with Crippen molar-refractivity contribution in [1.82, 2.24) is 0 Å². The Morgan fingerprint density at radius 2 is 2.06 bits per heavy atom. The van der Waals surface area contributed by atoms with E-state index in [1.54, 1.807) is 12.1 Å². The van der Waals surface area contributed by atoms with Gasteiger partial charge in [-0.2, -0.15) is 0 Å². The number of guanidine groups is 1. The molecule has 0 aromatic heterocycles. The van der Waals surface area contributed by atoms with E-state index >= 15 is 0 Å². The Morgan fingerprint density at radius 3 is 2.41 bits per heavy atom. The summed E-state index contributed by atoms with van der Waals surface area (Å²) in [6.07, 6.45) is 2.33. The lowest BCUT2D eigenvalue weighted by Gasteiger charge is -2.01. The molecule has 0 aliphatic carbocycles. The number of anilines is 1. The molecule has 1 aromatic carbocycles.